The van der Waals surface area contributed by atoms with Crippen LogP contribution in [0.1, 0.15) is 26.7 Å². The van der Waals surface area contributed by atoms with Crippen molar-refractivity contribution in [2.45, 2.75) is 26.7 Å². The minimum atomic E-state index is -0.173. The second-order valence-corrected chi connectivity index (χ2v) is 4.12. The fourth-order valence-corrected chi connectivity index (χ4v) is 1.08. The summed E-state index contributed by atoms with van der Waals surface area (Å²) in [7, 11) is 0. The van der Waals surface area contributed by atoms with Gasteiger partial charge in [0.15, 0.2) is 0 Å². The lowest BCUT2D eigenvalue weighted by molar-refractivity contribution is -0.144. The van der Waals surface area contributed by atoms with E-state index in [0.717, 1.165) is 26.4 Å². The average Bonchev–Trinajstić information content (AvgIpc) is 2.31. The van der Waals surface area contributed by atoms with Crippen LogP contribution in [0, 0.1) is 5.92 Å². The van der Waals surface area contributed by atoms with Crippen LogP contribution in [0.5, 0.6) is 0 Å². The van der Waals surface area contributed by atoms with Crippen LogP contribution in [-0.2, 0) is 19.0 Å². The van der Waals surface area contributed by atoms with Crippen LogP contribution in [0.15, 0.2) is 0 Å². The molecule has 5 nitrogen and oxygen atoms in total. The molecule has 0 aromatic heterocycles. The Morgan fingerprint density at radius 2 is 1.76 bits per heavy atom. The van der Waals surface area contributed by atoms with Gasteiger partial charge >= 0.3 is 5.97 Å². The van der Waals surface area contributed by atoms with E-state index in [1.54, 1.807) is 0 Å². The van der Waals surface area contributed by atoms with E-state index in [1.807, 2.05) is 13.8 Å². The normalized spacial score (nSPS) is 15.1. The van der Waals surface area contributed by atoms with Gasteiger partial charge in [0.2, 0.25) is 0 Å². The van der Waals surface area contributed by atoms with Gasteiger partial charge in [-0.3, -0.25) is 4.79 Å². The second kappa shape index (κ2) is 11.8. The highest BCUT2D eigenvalue weighted by Crippen LogP contribution is 2.00. The molecule has 0 saturated carbocycles. The first-order chi connectivity index (χ1) is 8.16. The molecule has 5 heteroatoms. The van der Waals surface area contributed by atoms with Gasteiger partial charge in [-0.1, -0.05) is 13.8 Å². The van der Waals surface area contributed by atoms with Crippen LogP contribution in [0.4, 0.5) is 0 Å². The maximum Gasteiger partial charge on any atom is 0.306 e. The molecule has 0 amide bonds. The highest BCUT2D eigenvalue weighted by molar-refractivity contribution is 5.69. The van der Waals surface area contributed by atoms with Gasteiger partial charge in [-0.2, -0.15) is 0 Å². The quantitative estimate of drug-likeness (QED) is 0.580. The summed E-state index contributed by atoms with van der Waals surface area (Å²) in [5.74, 6) is 0.171. The first-order valence-electron chi connectivity index (χ1n) is 6.08. The lowest BCUT2D eigenvalue weighted by Gasteiger charge is -2.09. The minimum Gasteiger partial charge on any atom is -0.466 e. The van der Waals surface area contributed by atoms with Gasteiger partial charge in [-0.25, -0.2) is 0 Å². The Labute approximate surface area is 103 Å². The SMILES string of the molecule is C1COCCO1.CC(C)CC(=O)OCCCO. The molecule has 1 saturated heterocycles. The Hall–Kier alpha value is -0.650. The topological polar surface area (TPSA) is 65.0 Å². The molecule has 0 unspecified atom stereocenters. The molecule has 0 aromatic carbocycles. The molecule has 1 rings (SSSR count). The Morgan fingerprint density at radius 1 is 1.24 bits per heavy atom. The molecule has 0 radical (unpaired) electrons. The van der Waals surface area contributed by atoms with Crippen LogP contribution >= 0.6 is 0 Å². The molecule has 1 aliphatic heterocycles. The van der Waals surface area contributed by atoms with E-state index in [2.05, 4.69) is 0 Å². The van der Waals surface area contributed by atoms with Gasteiger partial charge in [0.1, 0.15) is 0 Å². The summed E-state index contributed by atoms with van der Waals surface area (Å²) in [5.41, 5.74) is 0. The summed E-state index contributed by atoms with van der Waals surface area (Å²) < 4.78 is 14.7. The lowest BCUT2D eigenvalue weighted by Crippen LogP contribution is -2.16. The molecular weight excluding hydrogens is 224 g/mol. The van der Waals surface area contributed by atoms with Crippen molar-refractivity contribution in [2.75, 3.05) is 39.6 Å². The van der Waals surface area contributed by atoms with Crippen molar-refractivity contribution in [1.82, 2.24) is 0 Å². The van der Waals surface area contributed by atoms with Crippen LogP contribution in [0.25, 0.3) is 0 Å². The fraction of sp³-hybridized carbons (Fsp3) is 0.917. The standard InChI is InChI=1S/C8H16O3.C4H8O2/c1-7(2)6-8(10)11-5-3-4-9;1-2-6-4-3-5-1/h7,9H,3-6H2,1-2H3;1-4H2. The molecule has 0 spiro atoms. The first-order valence-corrected chi connectivity index (χ1v) is 6.08. The van der Waals surface area contributed by atoms with Gasteiger partial charge in [-0.05, 0) is 5.92 Å². The summed E-state index contributed by atoms with van der Waals surface area (Å²) >= 11 is 0. The second-order valence-electron chi connectivity index (χ2n) is 4.12. The molecule has 0 bridgehead atoms. The average molecular weight is 248 g/mol. The van der Waals surface area contributed by atoms with Crippen molar-refractivity contribution < 1.29 is 24.1 Å². The predicted octanol–water partition coefficient (Wildman–Crippen LogP) is 0.991. The molecule has 0 aromatic rings. The van der Waals surface area contributed by atoms with Crippen molar-refractivity contribution in [3.05, 3.63) is 0 Å². The van der Waals surface area contributed by atoms with Crippen LogP contribution in [0.3, 0.4) is 0 Å². The van der Waals surface area contributed by atoms with Gasteiger partial charge in [0, 0.05) is 19.4 Å². The molecule has 1 N–H and O–H groups in total. The Balaban J connectivity index is 0.000000354. The zero-order valence-electron chi connectivity index (χ0n) is 10.8. The number of rotatable bonds is 5. The summed E-state index contributed by atoms with van der Waals surface area (Å²) in [6, 6.07) is 0. The number of ether oxygens (including phenoxy) is 3. The minimum absolute atomic E-state index is 0.0783. The van der Waals surface area contributed by atoms with E-state index in [-0.39, 0.29) is 12.6 Å². The maximum absolute atomic E-state index is 10.8. The molecular formula is C12H24O5. The molecule has 1 heterocycles. The van der Waals surface area contributed by atoms with E-state index < -0.39 is 0 Å². The molecule has 102 valence electrons. The Kier molecular flexibility index (Phi) is 11.4. The van der Waals surface area contributed by atoms with Crippen molar-refractivity contribution in [3.8, 4) is 0 Å². The molecule has 17 heavy (non-hydrogen) atoms. The van der Waals surface area contributed by atoms with Crippen molar-refractivity contribution in [3.63, 3.8) is 0 Å². The zero-order chi connectivity index (χ0) is 12.9. The number of aliphatic hydroxyl groups is 1. The number of carbonyl (C=O) groups excluding carboxylic acids is 1. The number of aliphatic hydroxyl groups excluding tert-OH is 1. The first kappa shape index (κ1) is 16.4. The van der Waals surface area contributed by atoms with Crippen LogP contribution in [-0.4, -0.2) is 50.7 Å². The molecule has 0 atom stereocenters. The predicted molar refractivity (Wildman–Crippen MR) is 63.8 cm³/mol. The maximum atomic E-state index is 10.8. The summed E-state index contributed by atoms with van der Waals surface area (Å²) in [5, 5.41) is 8.37. The summed E-state index contributed by atoms with van der Waals surface area (Å²) in [6.45, 7) is 7.46. The number of hydrogen-bond donors (Lipinski definition) is 1. The van der Waals surface area contributed by atoms with Crippen molar-refractivity contribution in [2.24, 2.45) is 5.92 Å². The molecule has 0 aliphatic carbocycles. The van der Waals surface area contributed by atoms with Gasteiger partial charge in [-0.15, -0.1) is 0 Å². The molecule has 1 aliphatic rings. The van der Waals surface area contributed by atoms with Crippen molar-refractivity contribution >= 4 is 5.97 Å². The van der Waals surface area contributed by atoms with Crippen LogP contribution < -0.4 is 0 Å². The highest BCUT2D eigenvalue weighted by Gasteiger charge is 2.04. The monoisotopic (exact) mass is 248 g/mol. The van der Waals surface area contributed by atoms with E-state index in [4.69, 9.17) is 19.3 Å². The molecule has 1 fully saturated rings. The zero-order valence-corrected chi connectivity index (χ0v) is 10.8. The smallest absolute Gasteiger partial charge is 0.306 e. The number of carbonyl (C=O) groups is 1. The van der Waals surface area contributed by atoms with E-state index in [9.17, 15) is 4.79 Å². The van der Waals surface area contributed by atoms with Gasteiger partial charge in [0.05, 0.1) is 33.0 Å². The third-order valence-electron chi connectivity index (χ3n) is 1.88. The summed E-state index contributed by atoms with van der Waals surface area (Å²) in [4.78, 5) is 10.8. The Morgan fingerprint density at radius 3 is 2.12 bits per heavy atom. The van der Waals surface area contributed by atoms with Gasteiger partial charge in [0.25, 0.3) is 0 Å². The van der Waals surface area contributed by atoms with E-state index in [0.29, 0.717) is 25.4 Å². The van der Waals surface area contributed by atoms with E-state index >= 15 is 0 Å². The lowest BCUT2D eigenvalue weighted by atomic mass is 10.1. The van der Waals surface area contributed by atoms with Gasteiger partial charge < -0.3 is 19.3 Å². The summed E-state index contributed by atoms with van der Waals surface area (Å²) in [6.07, 6.45) is 0.995. The third kappa shape index (κ3) is 13.3. The number of hydrogen-bond acceptors (Lipinski definition) is 5. The Bertz CT molecular complexity index is 166. The largest absolute Gasteiger partial charge is 0.466 e. The third-order valence-corrected chi connectivity index (χ3v) is 1.88. The number of esters is 1. The van der Waals surface area contributed by atoms with Crippen molar-refractivity contribution in [1.29, 1.82) is 0 Å². The fourth-order valence-electron chi connectivity index (χ4n) is 1.08. The highest BCUT2D eigenvalue weighted by atomic mass is 16.6. The van der Waals surface area contributed by atoms with Crippen LogP contribution in [0.2, 0.25) is 0 Å². The van der Waals surface area contributed by atoms with E-state index in [1.165, 1.54) is 0 Å².